The Kier molecular flexibility index (Phi) is 6.05. The van der Waals surface area contributed by atoms with Crippen LogP contribution in [0.1, 0.15) is 12.8 Å². The van der Waals surface area contributed by atoms with Crippen LogP contribution in [0, 0.1) is 5.92 Å². The number of piperidine rings is 1. The number of carbonyl (C=O) groups is 1. The SMILES string of the molecule is CSc1ccccc1NC(=O)C1CCN(c2ccc(-c3ccncc3)nn2)CC1. The smallest absolute Gasteiger partial charge is 0.227 e. The van der Waals surface area contributed by atoms with Crippen molar-refractivity contribution in [3.05, 3.63) is 60.9 Å². The Labute approximate surface area is 174 Å². The second-order valence-corrected chi connectivity index (χ2v) is 7.81. The largest absolute Gasteiger partial charge is 0.355 e. The van der Waals surface area contributed by atoms with Crippen LogP contribution in [0.4, 0.5) is 11.5 Å². The number of thioether (sulfide) groups is 1. The third kappa shape index (κ3) is 4.56. The number of hydrogen-bond acceptors (Lipinski definition) is 6. The van der Waals surface area contributed by atoms with E-state index in [0.29, 0.717) is 0 Å². The summed E-state index contributed by atoms with van der Waals surface area (Å²) in [5.41, 5.74) is 2.72. The summed E-state index contributed by atoms with van der Waals surface area (Å²) in [6.45, 7) is 1.59. The van der Waals surface area contributed by atoms with E-state index >= 15 is 0 Å². The third-order valence-electron chi connectivity index (χ3n) is 5.18. The Morgan fingerprint density at radius 2 is 1.79 bits per heavy atom. The van der Waals surface area contributed by atoms with Crippen molar-refractivity contribution in [3.63, 3.8) is 0 Å². The predicted molar refractivity (Wildman–Crippen MR) is 117 cm³/mol. The fourth-order valence-corrected chi connectivity index (χ4v) is 4.08. The number of pyridine rings is 1. The van der Waals surface area contributed by atoms with E-state index in [1.54, 1.807) is 24.2 Å². The molecule has 0 saturated carbocycles. The lowest BCUT2D eigenvalue weighted by Gasteiger charge is -2.32. The average Bonchev–Trinajstić information content (AvgIpc) is 2.80. The van der Waals surface area contributed by atoms with Gasteiger partial charge in [-0.05, 0) is 55.5 Å². The van der Waals surface area contributed by atoms with Crippen LogP contribution < -0.4 is 10.2 Å². The summed E-state index contributed by atoms with van der Waals surface area (Å²) in [7, 11) is 0. The van der Waals surface area contributed by atoms with Crippen molar-refractivity contribution in [2.24, 2.45) is 5.92 Å². The maximum atomic E-state index is 12.7. The number of rotatable bonds is 5. The van der Waals surface area contributed by atoms with Gasteiger partial charge in [0, 0.05) is 41.9 Å². The Hall–Kier alpha value is -2.93. The van der Waals surface area contributed by atoms with Crippen molar-refractivity contribution in [3.8, 4) is 11.3 Å². The van der Waals surface area contributed by atoms with E-state index in [-0.39, 0.29) is 11.8 Å². The van der Waals surface area contributed by atoms with Crippen molar-refractivity contribution in [1.82, 2.24) is 15.2 Å². The van der Waals surface area contributed by atoms with Crippen LogP contribution in [-0.4, -0.2) is 40.4 Å². The number of nitrogens with zero attached hydrogens (tertiary/aromatic N) is 4. The summed E-state index contributed by atoms with van der Waals surface area (Å²) in [4.78, 5) is 20.0. The van der Waals surface area contributed by atoms with Gasteiger partial charge < -0.3 is 10.2 Å². The standard InChI is InChI=1S/C22H23N5OS/c1-29-20-5-3-2-4-19(20)24-22(28)17-10-14-27(15-11-17)21-7-6-18(25-26-21)16-8-12-23-13-9-16/h2-9,12-13,17H,10-11,14-15H2,1H3,(H,24,28). The first-order valence-corrected chi connectivity index (χ1v) is 10.9. The molecule has 4 rings (SSSR count). The number of benzene rings is 1. The molecule has 29 heavy (non-hydrogen) atoms. The fraction of sp³-hybridized carbons (Fsp3) is 0.273. The first kappa shape index (κ1) is 19.4. The van der Waals surface area contributed by atoms with Crippen LogP contribution in [0.5, 0.6) is 0 Å². The van der Waals surface area contributed by atoms with Gasteiger partial charge in [0.05, 0.1) is 11.4 Å². The summed E-state index contributed by atoms with van der Waals surface area (Å²) < 4.78 is 0. The summed E-state index contributed by atoms with van der Waals surface area (Å²) in [5, 5.41) is 11.8. The summed E-state index contributed by atoms with van der Waals surface area (Å²) in [6.07, 6.45) is 7.13. The van der Waals surface area contributed by atoms with Gasteiger partial charge in [0.1, 0.15) is 0 Å². The molecule has 148 valence electrons. The zero-order valence-electron chi connectivity index (χ0n) is 16.3. The first-order chi connectivity index (χ1) is 14.2. The monoisotopic (exact) mass is 405 g/mol. The van der Waals surface area contributed by atoms with Crippen molar-refractivity contribution >= 4 is 29.2 Å². The molecule has 7 heteroatoms. The molecule has 2 aromatic heterocycles. The minimum absolute atomic E-state index is 0.0187. The molecule has 1 N–H and O–H groups in total. The zero-order chi connectivity index (χ0) is 20.1. The predicted octanol–water partition coefficient (Wildman–Crippen LogP) is 4.12. The highest BCUT2D eigenvalue weighted by atomic mass is 32.2. The van der Waals surface area contributed by atoms with Gasteiger partial charge in [-0.1, -0.05) is 12.1 Å². The van der Waals surface area contributed by atoms with Crippen LogP contribution in [-0.2, 0) is 4.79 Å². The molecule has 0 radical (unpaired) electrons. The van der Waals surface area contributed by atoms with Gasteiger partial charge in [-0.2, -0.15) is 0 Å². The molecule has 3 heterocycles. The molecule has 6 nitrogen and oxygen atoms in total. The minimum atomic E-state index is 0.0187. The normalized spacial score (nSPS) is 14.6. The van der Waals surface area contributed by atoms with E-state index in [4.69, 9.17) is 0 Å². The Bertz CT molecular complexity index is 956. The summed E-state index contributed by atoms with van der Waals surface area (Å²) in [6, 6.07) is 15.7. The molecule has 0 unspecified atom stereocenters. The Balaban J connectivity index is 1.35. The summed E-state index contributed by atoms with van der Waals surface area (Å²) in [5.74, 6) is 0.977. The molecule has 1 aliphatic heterocycles. The quantitative estimate of drug-likeness (QED) is 0.644. The molecule has 1 aromatic carbocycles. The highest BCUT2D eigenvalue weighted by molar-refractivity contribution is 7.98. The Morgan fingerprint density at radius 1 is 1.03 bits per heavy atom. The second kappa shape index (κ2) is 9.05. The second-order valence-electron chi connectivity index (χ2n) is 6.96. The maximum Gasteiger partial charge on any atom is 0.227 e. The third-order valence-corrected chi connectivity index (χ3v) is 5.98. The maximum absolute atomic E-state index is 12.7. The van der Waals surface area contributed by atoms with Crippen molar-refractivity contribution < 1.29 is 4.79 Å². The van der Waals surface area contributed by atoms with Crippen LogP contribution in [0.2, 0.25) is 0 Å². The number of nitrogens with one attached hydrogen (secondary N) is 1. The molecular weight excluding hydrogens is 382 g/mol. The van der Waals surface area contributed by atoms with Crippen molar-refractivity contribution in [2.45, 2.75) is 17.7 Å². The summed E-state index contributed by atoms with van der Waals surface area (Å²) >= 11 is 1.64. The molecule has 3 aromatic rings. The van der Waals surface area contributed by atoms with Crippen LogP contribution in [0.15, 0.2) is 65.8 Å². The topological polar surface area (TPSA) is 71.0 Å². The first-order valence-electron chi connectivity index (χ1n) is 9.67. The van der Waals surface area contributed by atoms with E-state index < -0.39 is 0 Å². The van der Waals surface area contributed by atoms with E-state index in [1.807, 2.05) is 54.8 Å². The Morgan fingerprint density at radius 3 is 2.48 bits per heavy atom. The molecule has 0 atom stereocenters. The number of para-hydroxylation sites is 1. The lowest BCUT2D eigenvalue weighted by molar-refractivity contribution is -0.120. The van der Waals surface area contributed by atoms with Gasteiger partial charge in [-0.3, -0.25) is 9.78 Å². The van der Waals surface area contributed by atoms with Gasteiger partial charge >= 0.3 is 0 Å². The molecule has 0 aliphatic carbocycles. The van der Waals surface area contributed by atoms with Crippen LogP contribution in [0.25, 0.3) is 11.3 Å². The highest BCUT2D eigenvalue weighted by Gasteiger charge is 2.26. The van der Waals surface area contributed by atoms with Crippen LogP contribution in [0.3, 0.4) is 0 Å². The van der Waals surface area contributed by atoms with Gasteiger partial charge in [-0.25, -0.2) is 0 Å². The lowest BCUT2D eigenvalue weighted by Crippen LogP contribution is -2.38. The van der Waals surface area contributed by atoms with E-state index in [9.17, 15) is 4.79 Å². The van der Waals surface area contributed by atoms with E-state index in [2.05, 4.69) is 25.4 Å². The number of amides is 1. The molecule has 1 aliphatic rings. The van der Waals surface area contributed by atoms with Gasteiger partial charge in [-0.15, -0.1) is 22.0 Å². The number of hydrogen-bond donors (Lipinski definition) is 1. The fourth-order valence-electron chi connectivity index (χ4n) is 3.52. The lowest BCUT2D eigenvalue weighted by atomic mass is 9.96. The van der Waals surface area contributed by atoms with Gasteiger partial charge in [0.2, 0.25) is 5.91 Å². The number of carbonyl (C=O) groups excluding carboxylic acids is 1. The van der Waals surface area contributed by atoms with Gasteiger partial charge in [0.15, 0.2) is 5.82 Å². The van der Waals surface area contributed by atoms with Gasteiger partial charge in [0.25, 0.3) is 0 Å². The molecule has 1 fully saturated rings. The van der Waals surface area contributed by atoms with Crippen molar-refractivity contribution in [2.75, 3.05) is 29.6 Å². The molecule has 1 saturated heterocycles. The molecule has 1 amide bonds. The number of anilines is 2. The van der Waals surface area contributed by atoms with E-state index in [1.165, 1.54) is 0 Å². The zero-order valence-corrected chi connectivity index (χ0v) is 17.1. The molecule has 0 spiro atoms. The molecular formula is C22H23N5OS. The molecule has 0 bridgehead atoms. The van der Waals surface area contributed by atoms with Crippen LogP contribution >= 0.6 is 11.8 Å². The minimum Gasteiger partial charge on any atom is -0.355 e. The van der Waals surface area contributed by atoms with E-state index in [0.717, 1.165) is 53.6 Å². The van der Waals surface area contributed by atoms with Crippen molar-refractivity contribution in [1.29, 1.82) is 0 Å². The average molecular weight is 406 g/mol. The number of aromatic nitrogens is 3. The highest BCUT2D eigenvalue weighted by Crippen LogP contribution is 2.27.